The molecule has 124 valence electrons. The van der Waals surface area contributed by atoms with Gasteiger partial charge in [0.25, 0.3) is 0 Å². The van der Waals surface area contributed by atoms with Crippen LogP contribution in [0.4, 0.5) is 17.6 Å². The van der Waals surface area contributed by atoms with Gasteiger partial charge in [0.1, 0.15) is 18.2 Å². The molecule has 0 unspecified atom stereocenters. The Bertz CT molecular complexity index is 908. The fourth-order valence-electron chi connectivity index (χ4n) is 2.28. The first-order valence-corrected chi connectivity index (χ1v) is 6.83. The Hall–Kier alpha value is -2.90. The zero-order valence-corrected chi connectivity index (χ0v) is 12.0. The second-order valence-corrected chi connectivity index (χ2v) is 4.86. The molecule has 3 aromatic rings. The predicted molar refractivity (Wildman–Crippen MR) is 76.5 cm³/mol. The molecule has 0 amide bonds. The molecule has 0 saturated carbocycles. The number of hydrogen-bond donors (Lipinski definition) is 0. The summed E-state index contributed by atoms with van der Waals surface area (Å²) in [7, 11) is 0. The molecule has 1 heterocycles. The number of rotatable bonds is 4. The van der Waals surface area contributed by atoms with Crippen molar-refractivity contribution in [1.82, 2.24) is 9.55 Å². The van der Waals surface area contributed by atoms with Crippen LogP contribution in [0.2, 0.25) is 0 Å². The van der Waals surface area contributed by atoms with E-state index in [4.69, 9.17) is 4.74 Å². The number of halogens is 4. The van der Waals surface area contributed by atoms with E-state index in [1.807, 2.05) is 0 Å². The number of hydrogen-bond acceptors (Lipinski definition) is 3. The highest BCUT2D eigenvalue weighted by Gasteiger charge is 2.20. The summed E-state index contributed by atoms with van der Waals surface area (Å²) < 4.78 is 58.3. The highest BCUT2D eigenvalue weighted by molar-refractivity contribution is 5.89. The van der Waals surface area contributed by atoms with Gasteiger partial charge in [-0.3, -0.25) is 4.57 Å². The Morgan fingerprint density at radius 1 is 1.17 bits per heavy atom. The molecular formula is C16H10F4N2O2. The van der Waals surface area contributed by atoms with Gasteiger partial charge in [-0.2, -0.15) is 8.78 Å². The van der Waals surface area contributed by atoms with Crippen LogP contribution in [0.15, 0.2) is 42.5 Å². The van der Waals surface area contributed by atoms with Gasteiger partial charge in [-0.1, -0.05) is 12.1 Å². The number of nitrogens with zero attached hydrogens (tertiary/aromatic N) is 2. The minimum absolute atomic E-state index is 0.179. The van der Waals surface area contributed by atoms with E-state index in [1.54, 1.807) is 18.2 Å². The lowest BCUT2D eigenvalue weighted by Crippen LogP contribution is -2.12. The molecule has 3 rings (SSSR count). The summed E-state index contributed by atoms with van der Waals surface area (Å²) in [6.45, 7) is -3.46. The lowest BCUT2D eigenvalue weighted by molar-refractivity contribution is 0.0383. The normalized spacial score (nSPS) is 11.2. The molecule has 1 aromatic heterocycles. The average molecular weight is 338 g/mol. The summed E-state index contributed by atoms with van der Waals surface area (Å²) in [5.74, 6) is -3.21. The Morgan fingerprint density at radius 3 is 2.62 bits per heavy atom. The summed E-state index contributed by atoms with van der Waals surface area (Å²) in [6.07, 6.45) is 0. The van der Waals surface area contributed by atoms with Crippen molar-refractivity contribution in [1.29, 1.82) is 0 Å². The summed E-state index contributed by atoms with van der Waals surface area (Å²) in [5, 5.41) is 0. The van der Waals surface area contributed by atoms with E-state index in [2.05, 4.69) is 4.98 Å². The second kappa shape index (κ2) is 6.31. The molecular weight excluding hydrogens is 328 g/mol. The van der Waals surface area contributed by atoms with Crippen LogP contribution in [0.5, 0.6) is 0 Å². The van der Waals surface area contributed by atoms with Crippen molar-refractivity contribution >= 4 is 17.0 Å². The van der Waals surface area contributed by atoms with Crippen molar-refractivity contribution in [2.24, 2.45) is 0 Å². The fraction of sp³-hybridized carbons (Fsp3) is 0.125. The van der Waals surface area contributed by atoms with Gasteiger partial charge in [0.15, 0.2) is 5.82 Å². The first kappa shape index (κ1) is 16.0. The maximum atomic E-state index is 13.5. The highest BCUT2D eigenvalue weighted by atomic mass is 19.3. The van der Waals surface area contributed by atoms with Crippen LogP contribution in [0.25, 0.3) is 11.0 Å². The molecule has 0 spiro atoms. The molecule has 0 N–H and O–H groups in total. The minimum atomic E-state index is -2.88. The lowest BCUT2D eigenvalue weighted by Gasteiger charge is -2.09. The molecule has 0 radical (unpaired) electrons. The van der Waals surface area contributed by atoms with Crippen LogP contribution in [0.3, 0.4) is 0 Å². The Labute approximate surface area is 133 Å². The van der Waals surface area contributed by atoms with Crippen molar-refractivity contribution in [3.05, 3.63) is 65.5 Å². The van der Waals surface area contributed by atoms with E-state index < -0.39 is 36.3 Å². The standard InChI is InChI=1S/C16H10F4N2O2/c17-9-5-6-10(11(18)7-9)15(23)24-8-14-21-12-3-1-2-4-13(12)22(14)16(19)20/h1-7,16H,8H2. The molecule has 0 aliphatic carbocycles. The number of esters is 1. The number of para-hydroxylation sites is 2. The van der Waals surface area contributed by atoms with Crippen molar-refractivity contribution in [3.63, 3.8) is 0 Å². The summed E-state index contributed by atoms with van der Waals surface area (Å²) in [6, 6.07) is 8.56. The first-order chi connectivity index (χ1) is 11.5. The lowest BCUT2D eigenvalue weighted by atomic mass is 10.2. The Balaban J connectivity index is 1.85. The third kappa shape index (κ3) is 2.94. The van der Waals surface area contributed by atoms with Gasteiger partial charge in [0.05, 0.1) is 16.6 Å². The monoisotopic (exact) mass is 338 g/mol. The van der Waals surface area contributed by atoms with E-state index in [-0.39, 0.29) is 11.3 Å². The SMILES string of the molecule is O=C(OCc1nc2ccccc2n1C(F)F)c1ccc(F)cc1F. The van der Waals surface area contributed by atoms with Crippen LogP contribution in [0, 0.1) is 11.6 Å². The molecule has 24 heavy (non-hydrogen) atoms. The van der Waals surface area contributed by atoms with Gasteiger partial charge in [-0.15, -0.1) is 0 Å². The summed E-state index contributed by atoms with van der Waals surface area (Å²) in [4.78, 5) is 15.8. The van der Waals surface area contributed by atoms with E-state index in [9.17, 15) is 22.4 Å². The number of carbonyl (C=O) groups excluding carboxylic acids is 1. The van der Waals surface area contributed by atoms with Gasteiger partial charge in [-0.05, 0) is 24.3 Å². The van der Waals surface area contributed by atoms with Crippen molar-refractivity contribution in [2.45, 2.75) is 13.2 Å². The van der Waals surface area contributed by atoms with Crippen molar-refractivity contribution in [2.75, 3.05) is 0 Å². The third-order valence-corrected chi connectivity index (χ3v) is 3.35. The second-order valence-electron chi connectivity index (χ2n) is 4.86. The Kier molecular flexibility index (Phi) is 4.20. The zero-order chi connectivity index (χ0) is 17.3. The first-order valence-electron chi connectivity index (χ1n) is 6.83. The zero-order valence-electron chi connectivity index (χ0n) is 12.0. The average Bonchev–Trinajstić information content (AvgIpc) is 2.91. The largest absolute Gasteiger partial charge is 0.454 e. The van der Waals surface area contributed by atoms with E-state index in [0.717, 1.165) is 12.1 Å². The number of fused-ring (bicyclic) bond motifs is 1. The third-order valence-electron chi connectivity index (χ3n) is 3.35. The van der Waals surface area contributed by atoms with Crippen molar-refractivity contribution < 1.29 is 27.1 Å². The van der Waals surface area contributed by atoms with Crippen molar-refractivity contribution in [3.8, 4) is 0 Å². The molecule has 0 atom stereocenters. The molecule has 8 heteroatoms. The molecule has 0 bridgehead atoms. The van der Waals surface area contributed by atoms with Crippen LogP contribution >= 0.6 is 0 Å². The van der Waals surface area contributed by atoms with Gasteiger partial charge in [0, 0.05) is 6.07 Å². The summed E-state index contributed by atoms with van der Waals surface area (Å²) in [5.41, 5.74) is 0.0134. The molecule has 0 saturated heterocycles. The quantitative estimate of drug-likeness (QED) is 0.532. The highest BCUT2D eigenvalue weighted by Crippen LogP contribution is 2.23. The topological polar surface area (TPSA) is 44.1 Å². The maximum Gasteiger partial charge on any atom is 0.341 e. The van der Waals surface area contributed by atoms with E-state index >= 15 is 0 Å². The molecule has 0 fully saturated rings. The van der Waals surface area contributed by atoms with Crippen LogP contribution in [-0.4, -0.2) is 15.5 Å². The van der Waals surface area contributed by atoms with Crippen LogP contribution in [0.1, 0.15) is 22.7 Å². The minimum Gasteiger partial charge on any atom is -0.454 e. The molecule has 4 nitrogen and oxygen atoms in total. The van der Waals surface area contributed by atoms with Crippen LogP contribution in [-0.2, 0) is 11.3 Å². The summed E-state index contributed by atoms with van der Waals surface area (Å²) >= 11 is 0. The number of imidazole rings is 1. The number of alkyl halides is 2. The number of carbonyl (C=O) groups is 1. The predicted octanol–water partition coefficient (Wildman–Crippen LogP) is 4.07. The van der Waals surface area contributed by atoms with Crippen LogP contribution < -0.4 is 0 Å². The van der Waals surface area contributed by atoms with Gasteiger partial charge >= 0.3 is 12.5 Å². The molecule has 2 aromatic carbocycles. The maximum absolute atomic E-state index is 13.5. The molecule has 0 aliphatic heterocycles. The Morgan fingerprint density at radius 2 is 1.92 bits per heavy atom. The fourth-order valence-corrected chi connectivity index (χ4v) is 2.28. The van der Waals surface area contributed by atoms with Gasteiger partial charge in [-0.25, -0.2) is 18.6 Å². The van der Waals surface area contributed by atoms with Gasteiger partial charge < -0.3 is 4.74 Å². The number of benzene rings is 2. The van der Waals surface area contributed by atoms with E-state index in [1.165, 1.54) is 6.07 Å². The smallest absolute Gasteiger partial charge is 0.341 e. The molecule has 0 aliphatic rings. The van der Waals surface area contributed by atoms with E-state index in [0.29, 0.717) is 16.2 Å². The number of aromatic nitrogens is 2. The van der Waals surface area contributed by atoms with Gasteiger partial charge in [0.2, 0.25) is 0 Å². The number of ether oxygens (including phenoxy) is 1.